The number of hydrogen-bond acceptors (Lipinski definition) is 4. The highest BCUT2D eigenvalue weighted by Gasteiger charge is 2.02. The largest absolute Gasteiger partial charge is 0.384 e. The average Bonchev–Trinajstić information content (AvgIpc) is 2.52. The second-order valence-corrected chi connectivity index (χ2v) is 3.98. The third-order valence-corrected chi connectivity index (χ3v) is 2.61. The van der Waals surface area contributed by atoms with Crippen molar-refractivity contribution in [2.75, 3.05) is 5.73 Å². The van der Waals surface area contributed by atoms with E-state index in [0.29, 0.717) is 5.82 Å². The van der Waals surface area contributed by atoms with Crippen molar-refractivity contribution in [1.82, 2.24) is 9.97 Å². The Morgan fingerprint density at radius 2 is 2.23 bits per heavy atom. The van der Waals surface area contributed by atoms with Crippen LogP contribution in [0.1, 0.15) is 4.88 Å². The normalized spacial score (nSPS) is 10.2. The van der Waals surface area contributed by atoms with E-state index >= 15 is 0 Å². The van der Waals surface area contributed by atoms with Crippen LogP contribution in [0.5, 0.6) is 0 Å². The number of pyridine rings is 1. The SMILES string of the molecule is Cc1cnc(-c2ccnc(N)c2)s1. The predicted octanol–water partition coefficient (Wildman–Crippen LogP) is 2.10. The Kier molecular flexibility index (Phi) is 1.98. The van der Waals surface area contributed by atoms with Crippen molar-refractivity contribution < 1.29 is 0 Å². The molecule has 2 heterocycles. The first kappa shape index (κ1) is 8.19. The van der Waals surface area contributed by atoms with E-state index in [2.05, 4.69) is 9.97 Å². The molecule has 0 atom stereocenters. The summed E-state index contributed by atoms with van der Waals surface area (Å²) in [6.07, 6.45) is 3.55. The fourth-order valence-electron chi connectivity index (χ4n) is 1.07. The first-order valence-corrected chi connectivity index (χ1v) is 4.72. The minimum absolute atomic E-state index is 0.533. The van der Waals surface area contributed by atoms with Crippen molar-refractivity contribution in [3.63, 3.8) is 0 Å². The lowest BCUT2D eigenvalue weighted by Gasteiger charge is -1.95. The van der Waals surface area contributed by atoms with Crippen LogP contribution in [0.2, 0.25) is 0 Å². The van der Waals surface area contributed by atoms with Crippen molar-refractivity contribution in [1.29, 1.82) is 0 Å². The van der Waals surface area contributed by atoms with Gasteiger partial charge in [0.25, 0.3) is 0 Å². The molecule has 0 aromatic carbocycles. The molecule has 13 heavy (non-hydrogen) atoms. The highest BCUT2D eigenvalue weighted by Crippen LogP contribution is 2.24. The van der Waals surface area contributed by atoms with Crippen molar-refractivity contribution in [3.8, 4) is 10.6 Å². The molecule has 0 aliphatic heterocycles. The summed E-state index contributed by atoms with van der Waals surface area (Å²) in [6.45, 7) is 2.03. The maximum Gasteiger partial charge on any atom is 0.123 e. The van der Waals surface area contributed by atoms with E-state index in [1.807, 2.05) is 25.3 Å². The zero-order valence-electron chi connectivity index (χ0n) is 7.19. The zero-order valence-corrected chi connectivity index (χ0v) is 8.01. The van der Waals surface area contributed by atoms with Crippen molar-refractivity contribution in [2.45, 2.75) is 6.92 Å². The molecule has 4 heteroatoms. The number of hydrogen-bond donors (Lipinski definition) is 1. The van der Waals surface area contributed by atoms with E-state index in [1.54, 1.807) is 17.5 Å². The monoisotopic (exact) mass is 191 g/mol. The molecule has 0 aliphatic carbocycles. The lowest BCUT2D eigenvalue weighted by Crippen LogP contribution is -1.88. The molecule has 2 rings (SSSR count). The molecule has 66 valence electrons. The zero-order chi connectivity index (χ0) is 9.26. The summed E-state index contributed by atoms with van der Waals surface area (Å²) in [5, 5.41) is 0.992. The van der Waals surface area contributed by atoms with Crippen molar-refractivity contribution in [2.24, 2.45) is 0 Å². The van der Waals surface area contributed by atoms with Gasteiger partial charge < -0.3 is 5.73 Å². The molecule has 0 aliphatic rings. The molecular weight excluding hydrogens is 182 g/mol. The summed E-state index contributed by atoms with van der Waals surface area (Å²) in [4.78, 5) is 9.39. The van der Waals surface area contributed by atoms with Crippen LogP contribution in [0.25, 0.3) is 10.6 Å². The van der Waals surface area contributed by atoms with Crippen LogP contribution >= 0.6 is 11.3 Å². The van der Waals surface area contributed by atoms with E-state index in [0.717, 1.165) is 10.6 Å². The number of thiazole rings is 1. The molecule has 2 aromatic rings. The smallest absolute Gasteiger partial charge is 0.123 e. The Morgan fingerprint density at radius 3 is 2.85 bits per heavy atom. The van der Waals surface area contributed by atoms with Crippen LogP contribution in [-0.4, -0.2) is 9.97 Å². The summed E-state index contributed by atoms with van der Waals surface area (Å²) in [5.41, 5.74) is 6.60. The number of anilines is 1. The molecule has 2 aromatic heterocycles. The maximum atomic E-state index is 5.57. The van der Waals surface area contributed by atoms with Gasteiger partial charge in [0.15, 0.2) is 0 Å². The summed E-state index contributed by atoms with van der Waals surface area (Å²) in [5.74, 6) is 0.533. The Labute approximate surface area is 80.3 Å². The Bertz CT molecular complexity index is 422. The van der Waals surface area contributed by atoms with Crippen LogP contribution in [0.4, 0.5) is 5.82 Å². The molecule has 0 spiro atoms. The van der Waals surface area contributed by atoms with Crippen molar-refractivity contribution in [3.05, 3.63) is 29.4 Å². The van der Waals surface area contributed by atoms with E-state index in [1.165, 1.54) is 4.88 Å². The average molecular weight is 191 g/mol. The van der Waals surface area contributed by atoms with Gasteiger partial charge in [-0.2, -0.15) is 0 Å². The summed E-state index contributed by atoms with van der Waals surface area (Å²) in [6, 6.07) is 3.74. The fourth-order valence-corrected chi connectivity index (χ4v) is 1.83. The molecule has 0 saturated carbocycles. The van der Waals surface area contributed by atoms with Gasteiger partial charge in [0.1, 0.15) is 10.8 Å². The van der Waals surface area contributed by atoms with Crippen LogP contribution in [0.15, 0.2) is 24.5 Å². The van der Waals surface area contributed by atoms with Crippen LogP contribution in [-0.2, 0) is 0 Å². The molecule has 0 saturated heterocycles. The number of nitrogens with two attached hydrogens (primary N) is 1. The highest BCUT2D eigenvalue weighted by molar-refractivity contribution is 7.14. The number of rotatable bonds is 1. The molecule has 0 amide bonds. The van der Waals surface area contributed by atoms with Gasteiger partial charge in [-0.1, -0.05) is 0 Å². The van der Waals surface area contributed by atoms with Gasteiger partial charge in [-0.3, -0.25) is 0 Å². The van der Waals surface area contributed by atoms with E-state index < -0.39 is 0 Å². The van der Waals surface area contributed by atoms with Crippen LogP contribution < -0.4 is 5.73 Å². The molecule has 0 fully saturated rings. The van der Waals surface area contributed by atoms with Gasteiger partial charge >= 0.3 is 0 Å². The molecule has 0 unspecified atom stereocenters. The molecule has 0 bridgehead atoms. The fraction of sp³-hybridized carbons (Fsp3) is 0.111. The first-order valence-electron chi connectivity index (χ1n) is 3.90. The predicted molar refractivity (Wildman–Crippen MR) is 54.5 cm³/mol. The molecule has 3 nitrogen and oxygen atoms in total. The molecule has 0 radical (unpaired) electrons. The second kappa shape index (κ2) is 3.14. The topological polar surface area (TPSA) is 51.8 Å². The van der Waals surface area contributed by atoms with Gasteiger partial charge in [0.2, 0.25) is 0 Å². The first-order chi connectivity index (χ1) is 6.25. The quantitative estimate of drug-likeness (QED) is 0.751. The van der Waals surface area contributed by atoms with Gasteiger partial charge in [-0.15, -0.1) is 11.3 Å². The van der Waals surface area contributed by atoms with E-state index in [9.17, 15) is 0 Å². The van der Waals surface area contributed by atoms with Gasteiger partial charge in [-0.05, 0) is 19.1 Å². The highest BCUT2D eigenvalue weighted by atomic mass is 32.1. The van der Waals surface area contributed by atoms with E-state index in [-0.39, 0.29) is 0 Å². The standard InChI is InChI=1S/C9H9N3S/c1-6-5-12-9(13-6)7-2-3-11-8(10)4-7/h2-5H,1H3,(H2,10,11). The Hall–Kier alpha value is -1.42. The number of aryl methyl sites for hydroxylation is 1. The van der Waals surface area contributed by atoms with Gasteiger partial charge in [0, 0.05) is 22.8 Å². The summed E-state index contributed by atoms with van der Waals surface area (Å²) >= 11 is 1.66. The molecular formula is C9H9N3S. The lowest BCUT2D eigenvalue weighted by molar-refractivity contribution is 1.32. The van der Waals surface area contributed by atoms with Crippen LogP contribution in [0.3, 0.4) is 0 Å². The maximum absolute atomic E-state index is 5.57. The lowest BCUT2D eigenvalue weighted by atomic mass is 10.3. The van der Waals surface area contributed by atoms with Gasteiger partial charge in [-0.25, -0.2) is 9.97 Å². The number of nitrogens with zero attached hydrogens (tertiary/aromatic N) is 2. The van der Waals surface area contributed by atoms with Gasteiger partial charge in [0.05, 0.1) is 0 Å². The number of aromatic nitrogens is 2. The Morgan fingerprint density at radius 1 is 1.38 bits per heavy atom. The van der Waals surface area contributed by atoms with Crippen LogP contribution in [0, 0.1) is 6.92 Å². The minimum Gasteiger partial charge on any atom is -0.384 e. The van der Waals surface area contributed by atoms with Crippen molar-refractivity contribution >= 4 is 17.2 Å². The molecule has 2 N–H and O–H groups in total. The second-order valence-electron chi connectivity index (χ2n) is 2.75. The summed E-state index contributed by atoms with van der Waals surface area (Å²) < 4.78 is 0. The minimum atomic E-state index is 0.533. The third kappa shape index (κ3) is 1.67. The number of nitrogen functional groups attached to an aromatic ring is 1. The Balaban J connectivity index is 2.46. The third-order valence-electron chi connectivity index (χ3n) is 1.65. The summed E-state index contributed by atoms with van der Waals surface area (Å²) in [7, 11) is 0. The van der Waals surface area contributed by atoms with E-state index in [4.69, 9.17) is 5.73 Å².